The normalized spacial score (nSPS) is 10.5. The third-order valence-corrected chi connectivity index (χ3v) is 7.49. The molecule has 0 amide bonds. The lowest BCUT2D eigenvalue weighted by atomic mass is 10.1. The van der Waals surface area contributed by atoms with Crippen molar-refractivity contribution in [1.29, 1.82) is 0 Å². The number of hydrogen-bond donors (Lipinski definition) is 0. The van der Waals surface area contributed by atoms with E-state index in [1.54, 1.807) is 24.3 Å². The van der Waals surface area contributed by atoms with Crippen LogP contribution >= 0.6 is 0 Å². The van der Waals surface area contributed by atoms with Gasteiger partial charge >= 0.3 is 23.9 Å². The number of carbonyl (C=O) groups is 4. The van der Waals surface area contributed by atoms with Gasteiger partial charge < -0.3 is 28.4 Å². The number of ether oxygens (including phenoxy) is 6. The Morgan fingerprint density at radius 2 is 0.865 bits per heavy atom. The molecule has 278 valence electrons. The number of carbonyl (C=O) groups excluding carboxylic acids is 4. The van der Waals surface area contributed by atoms with Gasteiger partial charge in [-0.3, -0.25) is 0 Å². The molecular weight excluding hydrogens is 678 g/mol. The lowest BCUT2D eigenvalue weighted by Gasteiger charge is -2.11. The molecule has 0 bridgehead atoms. The largest absolute Gasteiger partial charge is 0.494 e. The highest BCUT2D eigenvalue weighted by Crippen LogP contribution is 2.29. The fraction of sp³-hybridized carbons (Fsp3) is 0.350. The topological polar surface area (TPSA) is 124 Å². The molecule has 0 aliphatic carbocycles. The van der Waals surface area contributed by atoms with E-state index in [9.17, 15) is 28.0 Å². The SMILES string of the molecule is C=CC(=O)OCCCCCCCOc1ccc(C(=O)Oc2cc(F)c(OC(=O)c3ccc(OCCCCCCCOC(=O)C=C)cc3)c(F)c2)cc1. The van der Waals surface area contributed by atoms with Gasteiger partial charge in [0, 0.05) is 24.3 Å². The van der Waals surface area contributed by atoms with Gasteiger partial charge in [0.1, 0.15) is 17.2 Å². The summed E-state index contributed by atoms with van der Waals surface area (Å²) < 4.78 is 61.0. The van der Waals surface area contributed by atoms with E-state index in [4.69, 9.17) is 28.4 Å². The number of benzene rings is 3. The predicted octanol–water partition coefficient (Wildman–Crippen LogP) is 8.52. The fourth-order valence-electron chi connectivity index (χ4n) is 4.70. The maximum absolute atomic E-state index is 14.8. The second-order valence-corrected chi connectivity index (χ2v) is 11.5. The van der Waals surface area contributed by atoms with Gasteiger partial charge in [-0.05, 0) is 74.2 Å². The first-order chi connectivity index (χ1) is 25.2. The Labute approximate surface area is 302 Å². The van der Waals surface area contributed by atoms with E-state index in [-0.39, 0.29) is 11.1 Å². The van der Waals surface area contributed by atoms with Crippen LogP contribution in [-0.2, 0) is 19.1 Å². The maximum Gasteiger partial charge on any atom is 0.343 e. The van der Waals surface area contributed by atoms with Crippen molar-refractivity contribution in [3.8, 4) is 23.0 Å². The highest BCUT2D eigenvalue weighted by Gasteiger charge is 2.20. The van der Waals surface area contributed by atoms with Crippen LogP contribution in [0.3, 0.4) is 0 Å². The summed E-state index contributed by atoms with van der Waals surface area (Å²) in [4.78, 5) is 47.2. The van der Waals surface area contributed by atoms with Crippen LogP contribution in [-0.4, -0.2) is 50.3 Å². The highest BCUT2D eigenvalue weighted by molar-refractivity contribution is 5.92. The molecule has 12 heteroatoms. The number of hydrogen-bond acceptors (Lipinski definition) is 10. The van der Waals surface area contributed by atoms with Gasteiger partial charge in [0.25, 0.3) is 0 Å². The minimum Gasteiger partial charge on any atom is -0.494 e. The molecule has 0 aromatic heterocycles. The van der Waals surface area contributed by atoms with Crippen molar-refractivity contribution >= 4 is 23.9 Å². The summed E-state index contributed by atoms with van der Waals surface area (Å²) in [6, 6.07) is 13.6. The predicted molar refractivity (Wildman–Crippen MR) is 189 cm³/mol. The van der Waals surface area contributed by atoms with Crippen molar-refractivity contribution in [1.82, 2.24) is 0 Å². The quantitative estimate of drug-likeness (QED) is 0.0385. The molecule has 0 heterocycles. The third kappa shape index (κ3) is 15.2. The lowest BCUT2D eigenvalue weighted by molar-refractivity contribution is -0.138. The molecule has 0 fully saturated rings. The first-order valence-electron chi connectivity index (χ1n) is 17.2. The summed E-state index contributed by atoms with van der Waals surface area (Å²) in [7, 11) is 0. The third-order valence-electron chi connectivity index (χ3n) is 7.49. The van der Waals surface area contributed by atoms with Crippen LogP contribution in [0, 0.1) is 11.6 Å². The van der Waals surface area contributed by atoms with E-state index in [1.165, 1.54) is 24.3 Å². The Balaban J connectivity index is 1.36. The van der Waals surface area contributed by atoms with E-state index in [1.807, 2.05) is 0 Å². The van der Waals surface area contributed by atoms with Gasteiger partial charge in [-0.2, -0.15) is 0 Å². The molecule has 0 radical (unpaired) electrons. The second kappa shape index (κ2) is 23.0. The molecule has 3 aromatic rings. The minimum atomic E-state index is -1.23. The van der Waals surface area contributed by atoms with E-state index in [2.05, 4.69) is 13.2 Å². The fourth-order valence-corrected chi connectivity index (χ4v) is 4.70. The number of esters is 4. The van der Waals surface area contributed by atoms with Crippen molar-refractivity contribution in [3.05, 3.63) is 109 Å². The summed E-state index contributed by atoms with van der Waals surface area (Å²) >= 11 is 0. The Morgan fingerprint density at radius 3 is 1.27 bits per heavy atom. The van der Waals surface area contributed by atoms with E-state index >= 15 is 0 Å². The average molecular weight is 723 g/mol. The monoisotopic (exact) mass is 722 g/mol. The molecule has 52 heavy (non-hydrogen) atoms. The van der Waals surface area contributed by atoms with Crippen LogP contribution in [0.2, 0.25) is 0 Å². The molecule has 0 atom stereocenters. The Hall–Kier alpha value is -5.52. The summed E-state index contributed by atoms with van der Waals surface area (Å²) in [5.41, 5.74) is 0.181. The van der Waals surface area contributed by atoms with Gasteiger partial charge in [-0.25, -0.2) is 28.0 Å². The van der Waals surface area contributed by atoms with Crippen molar-refractivity contribution in [2.45, 2.75) is 64.2 Å². The second-order valence-electron chi connectivity index (χ2n) is 11.5. The Bertz CT molecular complexity index is 1600. The number of halogens is 2. The Morgan fingerprint density at radius 1 is 0.500 bits per heavy atom. The first kappa shape index (κ1) is 40.9. The molecule has 0 N–H and O–H groups in total. The lowest BCUT2D eigenvalue weighted by Crippen LogP contribution is -2.12. The van der Waals surface area contributed by atoms with Crippen molar-refractivity contribution in [3.63, 3.8) is 0 Å². The van der Waals surface area contributed by atoms with Crippen LogP contribution in [0.1, 0.15) is 84.9 Å². The van der Waals surface area contributed by atoms with Gasteiger partial charge in [0.05, 0.1) is 37.6 Å². The molecule has 0 saturated carbocycles. The highest BCUT2D eigenvalue weighted by atomic mass is 19.1. The van der Waals surface area contributed by atoms with Crippen LogP contribution < -0.4 is 18.9 Å². The van der Waals surface area contributed by atoms with E-state index < -0.39 is 47.0 Å². The molecule has 0 saturated heterocycles. The van der Waals surface area contributed by atoms with E-state index in [0.717, 1.165) is 88.5 Å². The first-order valence-corrected chi connectivity index (χ1v) is 17.2. The van der Waals surface area contributed by atoms with Crippen LogP contribution in [0.25, 0.3) is 0 Å². The van der Waals surface area contributed by atoms with Crippen LogP contribution in [0.4, 0.5) is 8.78 Å². The van der Waals surface area contributed by atoms with Gasteiger partial charge in [-0.15, -0.1) is 0 Å². The molecule has 0 aliphatic heterocycles. The summed E-state index contributed by atoms with van der Waals surface area (Å²) in [5.74, 6) is -5.41. The molecule has 3 aromatic carbocycles. The van der Waals surface area contributed by atoms with Crippen LogP contribution in [0.5, 0.6) is 23.0 Å². The summed E-state index contributed by atoms with van der Waals surface area (Å²) in [6.45, 7) is 8.38. The Kier molecular flexibility index (Phi) is 18.1. The molecule has 0 unspecified atom stereocenters. The zero-order chi connectivity index (χ0) is 37.6. The average Bonchev–Trinajstić information content (AvgIpc) is 3.15. The molecule has 10 nitrogen and oxygen atoms in total. The molecule has 0 aliphatic rings. The molecular formula is C40H44F2O10. The smallest absolute Gasteiger partial charge is 0.343 e. The van der Waals surface area contributed by atoms with Crippen molar-refractivity contribution < 1.29 is 56.4 Å². The van der Waals surface area contributed by atoms with Crippen molar-refractivity contribution in [2.24, 2.45) is 0 Å². The molecule has 0 spiro atoms. The summed E-state index contributed by atoms with van der Waals surface area (Å²) in [6.07, 6.45) is 11.1. The van der Waals surface area contributed by atoms with Gasteiger partial charge in [0.15, 0.2) is 11.6 Å². The standard InChI is InChI=1S/C40H44F2O10/c1-3-36(43)49-25-13-9-5-7-11-23-47-31-19-15-29(16-20-31)39(45)51-33-27-34(41)38(35(42)28-33)52-40(46)30-17-21-32(22-18-30)48-24-12-8-6-10-14-26-50-37(44)4-2/h3-4,15-22,27-28H,1-2,5-14,23-26H2. The zero-order valence-electron chi connectivity index (χ0n) is 29.1. The summed E-state index contributed by atoms with van der Waals surface area (Å²) in [5, 5.41) is 0. The minimum absolute atomic E-state index is 0.0481. The van der Waals surface area contributed by atoms with Crippen LogP contribution in [0.15, 0.2) is 86.0 Å². The van der Waals surface area contributed by atoms with Gasteiger partial charge in [0.2, 0.25) is 5.75 Å². The number of rotatable bonds is 24. The molecule has 3 rings (SSSR count). The van der Waals surface area contributed by atoms with Crippen molar-refractivity contribution in [2.75, 3.05) is 26.4 Å². The maximum atomic E-state index is 14.8. The van der Waals surface area contributed by atoms with E-state index in [0.29, 0.717) is 37.9 Å². The number of unbranched alkanes of at least 4 members (excludes halogenated alkanes) is 8. The zero-order valence-corrected chi connectivity index (χ0v) is 29.1. The van der Waals surface area contributed by atoms with Gasteiger partial charge in [-0.1, -0.05) is 51.7 Å².